The maximum Gasteiger partial charge on any atom is 0.226 e. The number of hydrogen-bond acceptors (Lipinski definition) is 4. The molecule has 25 heavy (non-hydrogen) atoms. The number of oxazole rings is 1. The molecule has 4 nitrogen and oxygen atoms in total. The summed E-state index contributed by atoms with van der Waals surface area (Å²) in [4.78, 5) is 8.38. The van der Waals surface area contributed by atoms with Crippen molar-refractivity contribution in [2.24, 2.45) is 0 Å². The Kier molecular flexibility index (Phi) is 3.85. The van der Waals surface area contributed by atoms with Gasteiger partial charge in [0.1, 0.15) is 17.6 Å². The standard InChI is InChI=1S/C19H13F2N3O/c20-13-8-15-17(6-7-22-18(15)16(21)9-13)23-10-14-11-25-19(24-14)12-4-2-1-3-5-12/h1-9,11H,10H2,(H,22,23). The average molecular weight is 337 g/mol. The van der Waals surface area contributed by atoms with Crippen LogP contribution < -0.4 is 5.32 Å². The highest BCUT2D eigenvalue weighted by atomic mass is 19.1. The third-order valence-electron chi connectivity index (χ3n) is 3.80. The van der Waals surface area contributed by atoms with Crippen LogP contribution in [0.2, 0.25) is 0 Å². The van der Waals surface area contributed by atoms with Crippen molar-refractivity contribution in [2.75, 3.05) is 5.32 Å². The second-order valence-corrected chi connectivity index (χ2v) is 5.51. The van der Waals surface area contributed by atoms with E-state index in [-0.39, 0.29) is 5.52 Å². The van der Waals surface area contributed by atoms with Crippen LogP contribution in [0, 0.1) is 11.6 Å². The van der Waals surface area contributed by atoms with Crippen LogP contribution >= 0.6 is 0 Å². The Morgan fingerprint density at radius 2 is 1.88 bits per heavy atom. The van der Waals surface area contributed by atoms with Gasteiger partial charge in [-0.05, 0) is 24.3 Å². The van der Waals surface area contributed by atoms with Gasteiger partial charge >= 0.3 is 0 Å². The number of rotatable bonds is 4. The number of nitrogens with zero attached hydrogens (tertiary/aromatic N) is 2. The van der Waals surface area contributed by atoms with Gasteiger partial charge in [0.15, 0.2) is 5.82 Å². The molecule has 0 aliphatic carbocycles. The lowest BCUT2D eigenvalue weighted by Crippen LogP contribution is -2.01. The number of benzene rings is 2. The van der Waals surface area contributed by atoms with E-state index in [1.165, 1.54) is 12.3 Å². The molecule has 0 bridgehead atoms. The Morgan fingerprint density at radius 1 is 1.04 bits per heavy atom. The molecule has 2 heterocycles. The van der Waals surface area contributed by atoms with Crippen molar-refractivity contribution >= 4 is 16.6 Å². The summed E-state index contributed by atoms with van der Waals surface area (Å²) in [5.41, 5.74) is 2.26. The molecule has 0 aliphatic heterocycles. The smallest absolute Gasteiger partial charge is 0.226 e. The van der Waals surface area contributed by atoms with E-state index in [0.717, 1.165) is 11.6 Å². The van der Waals surface area contributed by atoms with Gasteiger partial charge in [0, 0.05) is 28.9 Å². The molecule has 0 amide bonds. The minimum absolute atomic E-state index is 0.122. The minimum Gasteiger partial charge on any atom is -0.444 e. The number of nitrogens with one attached hydrogen (secondary N) is 1. The highest BCUT2D eigenvalue weighted by molar-refractivity contribution is 5.91. The fraction of sp³-hybridized carbons (Fsp3) is 0.0526. The zero-order chi connectivity index (χ0) is 17.2. The van der Waals surface area contributed by atoms with Crippen LogP contribution in [0.1, 0.15) is 5.69 Å². The summed E-state index contributed by atoms with van der Waals surface area (Å²) in [6.07, 6.45) is 3.03. The van der Waals surface area contributed by atoms with E-state index >= 15 is 0 Å². The molecule has 1 N–H and O–H groups in total. The van der Waals surface area contributed by atoms with Crippen molar-refractivity contribution < 1.29 is 13.2 Å². The predicted octanol–water partition coefficient (Wildman–Crippen LogP) is 4.78. The van der Waals surface area contributed by atoms with E-state index in [9.17, 15) is 8.78 Å². The van der Waals surface area contributed by atoms with Gasteiger partial charge in [-0.1, -0.05) is 18.2 Å². The Bertz CT molecular complexity index is 1030. The summed E-state index contributed by atoms with van der Waals surface area (Å²) in [6.45, 7) is 0.355. The molecular formula is C19H13F2N3O. The summed E-state index contributed by atoms with van der Waals surface area (Å²) >= 11 is 0. The highest BCUT2D eigenvalue weighted by Crippen LogP contribution is 2.25. The molecule has 0 radical (unpaired) electrons. The average Bonchev–Trinajstić information content (AvgIpc) is 3.10. The van der Waals surface area contributed by atoms with Crippen molar-refractivity contribution in [1.29, 1.82) is 0 Å². The molecule has 4 aromatic rings. The van der Waals surface area contributed by atoms with Crippen molar-refractivity contribution in [3.8, 4) is 11.5 Å². The van der Waals surface area contributed by atoms with Gasteiger partial charge in [-0.2, -0.15) is 0 Å². The van der Waals surface area contributed by atoms with Gasteiger partial charge in [0.05, 0.1) is 12.2 Å². The van der Waals surface area contributed by atoms with Gasteiger partial charge < -0.3 is 9.73 Å². The topological polar surface area (TPSA) is 51.0 Å². The van der Waals surface area contributed by atoms with Crippen molar-refractivity contribution in [2.45, 2.75) is 6.54 Å². The SMILES string of the molecule is Fc1cc(F)c2nccc(NCc3coc(-c4ccccc4)n3)c2c1. The van der Waals surface area contributed by atoms with Gasteiger partial charge in [-0.15, -0.1) is 0 Å². The molecule has 0 aliphatic rings. The molecule has 0 spiro atoms. The van der Waals surface area contributed by atoms with Crippen LogP contribution in [0.15, 0.2) is 65.4 Å². The number of anilines is 1. The van der Waals surface area contributed by atoms with Crippen molar-refractivity contribution in [1.82, 2.24) is 9.97 Å². The molecule has 6 heteroatoms. The Morgan fingerprint density at radius 3 is 2.72 bits per heavy atom. The lowest BCUT2D eigenvalue weighted by atomic mass is 10.1. The quantitative estimate of drug-likeness (QED) is 0.582. The number of halogens is 2. The zero-order valence-corrected chi connectivity index (χ0v) is 13.0. The van der Waals surface area contributed by atoms with Crippen LogP contribution in [0.4, 0.5) is 14.5 Å². The number of pyridine rings is 1. The first-order valence-electron chi connectivity index (χ1n) is 7.68. The van der Waals surface area contributed by atoms with Crippen LogP contribution in [0.25, 0.3) is 22.4 Å². The van der Waals surface area contributed by atoms with E-state index in [4.69, 9.17) is 4.42 Å². The molecule has 0 atom stereocenters. The first kappa shape index (κ1) is 15.3. The number of hydrogen-bond donors (Lipinski definition) is 1. The summed E-state index contributed by atoms with van der Waals surface area (Å²) in [6, 6.07) is 13.3. The van der Waals surface area contributed by atoms with Gasteiger partial charge in [-0.3, -0.25) is 4.98 Å². The first-order chi connectivity index (χ1) is 12.2. The van der Waals surface area contributed by atoms with Crippen LogP contribution in [-0.4, -0.2) is 9.97 Å². The molecule has 0 unspecified atom stereocenters. The predicted molar refractivity (Wildman–Crippen MR) is 90.9 cm³/mol. The maximum absolute atomic E-state index is 13.8. The van der Waals surface area contributed by atoms with Crippen molar-refractivity contribution in [3.63, 3.8) is 0 Å². The zero-order valence-electron chi connectivity index (χ0n) is 13.0. The van der Waals surface area contributed by atoms with E-state index in [0.29, 0.717) is 29.2 Å². The van der Waals surface area contributed by atoms with E-state index in [1.807, 2.05) is 30.3 Å². The summed E-state index contributed by atoms with van der Waals surface area (Å²) in [5.74, 6) is -0.811. The largest absolute Gasteiger partial charge is 0.444 e. The molecule has 2 aromatic carbocycles. The molecule has 4 rings (SSSR count). The fourth-order valence-electron chi connectivity index (χ4n) is 2.62. The van der Waals surface area contributed by atoms with Crippen LogP contribution in [-0.2, 0) is 6.54 Å². The fourth-order valence-corrected chi connectivity index (χ4v) is 2.62. The molecule has 124 valence electrons. The first-order valence-corrected chi connectivity index (χ1v) is 7.68. The lowest BCUT2D eigenvalue weighted by molar-refractivity contribution is 0.573. The summed E-state index contributed by atoms with van der Waals surface area (Å²) < 4.78 is 32.8. The minimum atomic E-state index is -0.688. The molecule has 0 saturated carbocycles. The summed E-state index contributed by atoms with van der Waals surface area (Å²) in [7, 11) is 0. The highest BCUT2D eigenvalue weighted by Gasteiger charge is 2.10. The Hall–Kier alpha value is -3.28. The van der Waals surface area contributed by atoms with Crippen molar-refractivity contribution in [3.05, 3.63) is 78.3 Å². The molecular weight excluding hydrogens is 324 g/mol. The van der Waals surface area contributed by atoms with E-state index in [1.54, 1.807) is 12.3 Å². The van der Waals surface area contributed by atoms with Crippen LogP contribution in [0.3, 0.4) is 0 Å². The van der Waals surface area contributed by atoms with Gasteiger partial charge in [0.2, 0.25) is 5.89 Å². The molecule has 2 aromatic heterocycles. The van der Waals surface area contributed by atoms with Crippen LogP contribution in [0.5, 0.6) is 0 Å². The second kappa shape index (κ2) is 6.32. The molecule has 0 saturated heterocycles. The maximum atomic E-state index is 13.8. The Balaban J connectivity index is 1.58. The van der Waals surface area contributed by atoms with E-state index < -0.39 is 11.6 Å². The Labute approximate surface area is 142 Å². The second-order valence-electron chi connectivity index (χ2n) is 5.51. The normalized spacial score (nSPS) is 11.0. The third-order valence-corrected chi connectivity index (χ3v) is 3.80. The number of aromatic nitrogens is 2. The number of fused-ring (bicyclic) bond motifs is 1. The van der Waals surface area contributed by atoms with E-state index in [2.05, 4.69) is 15.3 Å². The lowest BCUT2D eigenvalue weighted by Gasteiger charge is -2.08. The summed E-state index contributed by atoms with van der Waals surface area (Å²) in [5, 5.41) is 3.51. The van der Waals surface area contributed by atoms with Gasteiger partial charge in [-0.25, -0.2) is 13.8 Å². The van der Waals surface area contributed by atoms with Gasteiger partial charge in [0.25, 0.3) is 0 Å². The third kappa shape index (κ3) is 3.06. The monoisotopic (exact) mass is 337 g/mol. The molecule has 0 fully saturated rings.